The summed E-state index contributed by atoms with van der Waals surface area (Å²) >= 11 is 0. The van der Waals surface area contributed by atoms with Gasteiger partial charge in [0.15, 0.2) is 8.07 Å². The Bertz CT molecular complexity index is 4780. The summed E-state index contributed by atoms with van der Waals surface area (Å²) in [6.07, 6.45) is 1.73. The number of aromatic nitrogens is 1. The van der Waals surface area contributed by atoms with Crippen LogP contribution in [0.3, 0.4) is 0 Å². The monoisotopic (exact) mass is 1130 g/mol. The molecule has 0 spiro atoms. The van der Waals surface area contributed by atoms with E-state index < -0.39 is 33.1 Å². The van der Waals surface area contributed by atoms with Crippen LogP contribution in [0.2, 0.25) is 0 Å². The molecule has 0 saturated carbocycles. The molecule has 0 bridgehead atoms. The van der Waals surface area contributed by atoms with Crippen LogP contribution in [0, 0.1) is 6.85 Å². The Morgan fingerprint density at radius 1 is 0.459 bits per heavy atom. The van der Waals surface area contributed by atoms with E-state index in [0.29, 0.717) is 40.8 Å². The minimum atomic E-state index is -3.11. The smallest absolute Gasteiger partial charge is 0.185 e. The molecule has 85 heavy (non-hydrogen) atoms. The Hall–Kier alpha value is -9.23. The van der Waals surface area contributed by atoms with Crippen molar-refractivity contribution in [2.75, 3.05) is 21.4 Å². The standard InChI is InChI=1S/C79H72N4OSi/c1-52-43-74(80-50-67(52)54-39-41-56(42-40-54)77(2,3)4)83-70-36-20-22-38-73(70)85(62-29-15-12-16-30-62)72-37-21-17-31-65(72)66-48-61(49-71(83)76(66)85)84-60-28-23-27-59(47-60)81-51-82(69-35-19-18-34-68(69)81)75-63(53-25-13-11-14-26-53)32-24-33-64(75)55-44-57(78(5,6)7)46-58(45-55)79(8,9)10/h11-50H,51H2,1-10H3/i1D3,11D,13D,14D,25D,26D. The highest BCUT2D eigenvalue weighted by Gasteiger charge is 2.55. The van der Waals surface area contributed by atoms with Crippen molar-refractivity contribution in [1.82, 2.24) is 4.98 Å². The maximum atomic E-state index is 9.38. The number of hydrogen-bond donors (Lipinski definition) is 0. The van der Waals surface area contributed by atoms with Crippen LogP contribution < -0.4 is 40.2 Å². The predicted octanol–water partition coefficient (Wildman–Crippen LogP) is 18.5. The Labute approximate surface area is 514 Å². The maximum absolute atomic E-state index is 9.38. The zero-order valence-corrected chi connectivity index (χ0v) is 50.6. The Balaban J connectivity index is 0.923. The third kappa shape index (κ3) is 9.08. The SMILES string of the molecule is [2H]c1c([2H])c([2H])c(-c2cccc(-c3cc(C(C)(C)C)cc(C(C)(C)C)c3)c2N2CN(c3cccc(Oc4cc5c6c(c4)N(c4cc(C([2H])([2H])[2H])c(-c7ccc(C(C)(C)C)cc7)cn4)c4ccccc4[Si]6(c4ccccc4)c4ccccc4-5)c3)c3ccccc32)c([2H])c1[2H]. The number of benzene rings is 10. The largest absolute Gasteiger partial charge is 0.457 e. The molecule has 10 aromatic carbocycles. The first-order valence-electron chi connectivity index (χ1n) is 33.4. The number of anilines is 7. The van der Waals surface area contributed by atoms with Crippen molar-refractivity contribution in [3.63, 3.8) is 0 Å². The average Bonchev–Trinajstić information content (AvgIpc) is 1.55. The first kappa shape index (κ1) is 45.2. The number of pyridine rings is 1. The lowest BCUT2D eigenvalue weighted by molar-refractivity contribution is 0.483. The third-order valence-corrected chi connectivity index (χ3v) is 22.4. The second-order valence-corrected chi connectivity index (χ2v) is 29.5. The van der Waals surface area contributed by atoms with Gasteiger partial charge in [-0.25, -0.2) is 4.98 Å². The van der Waals surface area contributed by atoms with E-state index >= 15 is 0 Å². The van der Waals surface area contributed by atoms with E-state index in [1.54, 1.807) is 12.3 Å². The Morgan fingerprint density at radius 2 is 1.07 bits per heavy atom. The van der Waals surface area contributed by atoms with Crippen LogP contribution in [-0.2, 0) is 16.2 Å². The van der Waals surface area contributed by atoms with E-state index in [9.17, 15) is 2.74 Å². The summed E-state index contributed by atoms with van der Waals surface area (Å²) in [5.41, 5.74) is 14.2. The molecular formula is C79H72N4OSi. The van der Waals surface area contributed by atoms with Gasteiger partial charge in [-0.3, -0.25) is 4.90 Å². The highest BCUT2D eigenvalue weighted by atomic mass is 28.3. The topological polar surface area (TPSA) is 31.8 Å². The van der Waals surface area contributed by atoms with Gasteiger partial charge in [-0.2, -0.15) is 0 Å². The summed E-state index contributed by atoms with van der Waals surface area (Å²) in [5, 5.41) is 4.83. The van der Waals surface area contributed by atoms with E-state index in [1.165, 1.54) is 20.7 Å². The summed E-state index contributed by atoms with van der Waals surface area (Å²) in [6, 6.07) is 69.4. The Kier molecular flexibility index (Phi) is 10.8. The normalized spacial score (nSPS) is 16.6. The van der Waals surface area contributed by atoms with Gasteiger partial charge in [0.1, 0.15) is 24.0 Å². The van der Waals surface area contributed by atoms with Gasteiger partial charge >= 0.3 is 0 Å². The van der Waals surface area contributed by atoms with E-state index in [-0.39, 0.29) is 39.5 Å². The molecule has 5 nitrogen and oxygen atoms in total. The number of hydrogen-bond acceptors (Lipinski definition) is 5. The number of nitrogens with zero attached hydrogens (tertiary/aromatic N) is 4. The molecule has 1 unspecified atom stereocenters. The Morgan fingerprint density at radius 3 is 1.76 bits per heavy atom. The van der Waals surface area contributed by atoms with Gasteiger partial charge in [0.25, 0.3) is 0 Å². The molecular weight excluding hydrogens is 1050 g/mol. The number of fused-ring (bicyclic) bond motifs is 6. The number of ether oxygens (including phenoxy) is 1. The highest BCUT2D eigenvalue weighted by Crippen LogP contribution is 2.52. The lowest BCUT2D eigenvalue weighted by atomic mass is 9.78. The lowest BCUT2D eigenvalue weighted by Gasteiger charge is -2.43. The van der Waals surface area contributed by atoms with E-state index in [0.717, 1.165) is 72.9 Å². The van der Waals surface area contributed by atoms with Gasteiger partial charge in [0.2, 0.25) is 0 Å². The van der Waals surface area contributed by atoms with Crippen LogP contribution >= 0.6 is 0 Å². The molecule has 1 aromatic heterocycles. The zero-order valence-electron chi connectivity index (χ0n) is 57.6. The van der Waals surface area contributed by atoms with Crippen molar-refractivity contribution in [1.29, 1.82) is 0 Å². The van der Waals surface area contributed by atoms with Crippen molar-refractivity contribution in [3.05, 3.63) is 265 Å². The summed E-state index contributed by atoms with van der Waals surface area (Å²) in [7, 11) is -3.11. The third-order valence-electron chi connectivity index (χ3n) is 17.4. The van der Waals surface area contributed by atoms with Crippen LogP contribution in [0.25, 0.3) is 44.5 Å². The quantitative estimate of drug-likeness (QED) is 0.135. The lowest BCUT2D eigenvalue weighted by Crippen LogP contribution is -2.75. The van der Waals surface area contributed by atoms with Crippen LogP contribution in [0.5, 0.6) is 11.5 Å². The molecule has 0 aliphatic carbocycles. The first-order valence-corrected chi connectivity index (χ1v) is 31.4. The maximum Gasteiger partial charge on any atom is 0.185 e. The van der Waals surface area contributed by atoms with Crippen LogP contribution in [0.1, 0.15) is 95.5 Å². The van der Waals surface area contributed by atoms with Crippen molar-refractivity contribution >= 4 is 68.8 Å². The van der Waals surface area contributed by atoms with Gasteiger partial charge < -0.3 is 14.5 Å². The minimum absolute atomic E-state index is 0.0857. The van der Waals surface area contributed by atoms with Crippen LogP contribution in [0.4, 0.5) is 39.9 Å². The van der Waals surface area contributed by atoms with E-state index in [4.69, 9.17) is 17.9 Å². The fourth-order valence-corrected chi connectivity index (χ4v) is 18.6. The predicted molar refractivity (Wildman–Crippen MR) is 361 cm³/mol. The van der Waals surface area contributed by atoms with Crippen LogP contribution in [0.15, 0.2) is 243 Å². The van der Waals surface area contributed by atoms with Crippen molar-refractivity contribution in [2.24, 2.45) is 0 Å². The van der Waals surface area contributed by atoms with Crippen LogP contribution in [-0.4, -0.2) is 19.7 Å². The molecule has 11 aromatic rings. The van der Waals surface area contributed by atoms with Gasteiger partial charge in [-0.15, -0.1) is 0 Å². The fourth-order valence-electron chi connectivity index (χ4n) is 13.1. The molecule has 0 radical (unpaired) electrons. The molecule has 0 N–H and O–H groups in total. The molecule has 0 fully saturated rings. The fraction of sp³-hybridized carbons (Fsp3) is 0.177. The molecule has 3 aliphatic rings. The van der Waals surface area contributed by atoms with E-state index in [1.807, 2.05) is 60.7 Å². The average molecular weight is 1130 g/mol. The van der Waals surface area contributed by atoms with Gasteiger partial charge in [-0.05, 0) is 136 Å². The number of para-hydroxylation sites is 4. The molecule has 6 heteroatoms. The second kappa shape index (κ2) is 20.2. The first-order chi connectivity index (χ1) is 44.2. The summed E-state index contributed by atoms with van der Waals surface area (Å²) in [6.45, 7) is 17.6. The van der Waals surface area contributed by atoms with E-state index in [2.05, 4.69) is 217 Å². The molecule has 0 saturated heterocycles. The molecule has 0 amide bonds. The molecule has 418 valence electrons. The molecule has 4 heterocycles. The number of rotatable bonds is 9. The minimum Gasteiger partial charge on any atom is -0.457 e. The zero-order chi connectivity index (χ0) is 65.4. The highest BCUT2D eigenvalue weighted by molar-refractivity contribution is 7.23. The summed E-state index contributed by atoms with van der Waals surface area (Å²) < 4.78 is 79.6. The number of aryl methyl sites for hydroxylation is 1. The second-order valence-electron chi connectivity index (χ2n) is 25.9. The van der Waals surface area contributed by atoms with Crippen molar-refractivity contribution < 1.29 is 15.7 Å². The molecule has 3 aliphatic heterocycles. The van der Waals surface area contributed by atoms with Gasteiger partial charge in [-0.1, -0.05) is 244 Å². The van der Waals surface area contributed by atoms with Gasteiger partial charge in [0.05, 0.1) is 29.6 Å². The van der Waals surface area contributed by atoms with Gasteiger partial charge in [0, 0.05) is 50.5 Å². The summed E-state index contributed by atoms with van der Waals surface area (Å²) in [4.78, 5) is 11.8. The molecule has 1 atom stereocenters. The summed E-state index contributed by atoms with van der Waals surface area (Å²) in [5.74, 6) is 1.63. The van der Waals surface area contributed by atoms with Crippen molar-refractivity contribution in [3.8, 4) is 56.0 Å². The molecule has 14 rings (SSSR count). The van der Waals surface area contributed by atoms with Crippen molar-refractivity contribution in [2.45, 2.75) is 85.4 Å².